The first kappa shape index (κ1) is 10.5. The van der Waals surface area contributed by atoms with Gasteiger partial charge in [0.15, 0.2) is 0 Å². The Labute approximate surface area is 85.5 Å². The third-order valence-corrected chi connectivity index (χ3v) is 2.18. The van der Waals surface area contributed by atoms with Crippen molar-refractivity contribution in [2.24, 2.45) is 5.73 Å². The summed E-state index contributed by atoms with van der Waals surface area (Å²) in [6, 6.07) is 4.67. The second-order valence-electron chi connectivity index (χ2n) is 2.58. The number of carbonyl (C=O) groups is 1. The maximum Gasteiger partial charge on any atom is 0.337 e. The summed E-state index contributed by atoms with van der Waals surface area (Å²) in [4.78, 5) is 10.7. The second-order valence-corrected chi connectivity index (χ2v) is 2.96. The van der Waals surface area contributed by atoms with Crippen molar-refractivity contribution in [2.75, 3.05) is 0 Å². The van der Waals surface area contributed by atoms with Crippen LogP contribution < -0.4 is 5.73 Å². The van der Waals surface area contributed by atoms with E-state index in [1.807, 2.05) is 6.07 Å². The molecule has 0 aliphatic heterocycles. The lowest BCUT2D eigenvalue weighted by Crippen LogP contribution is -2.04. The quantitative estimate of drug-likeness (QED) is 0.772. The van der Waals surface area contributed by atoms with E-state index in [0.29, 0.717) is 5.56 Å². The average Bonchev–Trinajstić information content (AvgIpc) is 2.16. The molecule has 14 heavy (non-hydrogen) atoms. The summed E-state index contributed by atoms with van der Waals surface area (Å²) in [5.74, 6) is -1.16. The number of benzene rings is 1. The van der Waals surface area contributed by atoms with E-state index in [1.54, 1.807) is 0 Å². The number of nitrogens with two attached hydrogens (primary N) is 1. The molecule has 0 unspecified atom stereocenters. The molecule has 3 N–H and O–H groups in total. The van der Waals surface area contributed by atoms with Crippen molar-refractivity contribution >= 4 is 17.6 Å². The van der Waals surface area contributed by atoms with Crippen molar-refractivity contribution in [1.82, 2.24) is 0 Å². The molecule has 0 aliphatic carbocycles. The lowest BCUT2D eigenvalue weighted by Gasteiger charge is -2.05. The highest BCUT2D eigenvalue weighted by molar-refractivity contribution is 6.34. The van der Waals surface area contributed by atoms with Crippen LogP contribution in [0.5, 0.6) is 0 Å². The molecule has 0 atom stereocenters. The molecule has 0 spiro atoms. The molecule has 72 valence electrons. The number of rotatable bonds is 2. The fourth-order valence-electron chi connectivity index (χ4n) is 1.07. The monoisotopic (exact) mass is 210 g/mol. The van der Waals surface area contributed by atoms with E-state index in [2.05, 4.69) is 0 Å². The summed E-state index contributed by atoms with van der Waals surface area (Å²) in [5, 5.41) is 17.4. The zero-order valence-corrected chi connectivity index (χ0v) is 7.88. The van der Waals surface area contributed by atoms with Crippen molar-refractivity contribution in [3.8, 4) is 6.07 Å². The summed E-state index contributed by atoms with van der Waals surface area (Å²) in [7, 11) is 0. The average molecular weight is 211 g/mol. The normalized spacial score (nSPS) is 9.50. The Bertz CT molecular complexity index is 424. The minimum absolute atomic E-state index is 0.0528. The number of halogens is 1. The first-order valence-electron chi connectivity index (χ1n) is 3.76. The predicted molar refractivity (Wildman–Crippen MR) is 51.0 cm³/mol. The van der Waals surface area contributed by atoms with E-state index in [9.17, 15) is 4.79 Å². The van der Waals surface area contributed by atoms with Gasteiger partial charge < -0.3 is 10.8 Å². The molecular weight excluding hydrogens is 204 g/mol. The molecule has 0 aliphatic rings. The molecule has 4 nitrogen and oxygen atoms in total. The van der Waals surface area contributed by atoms with Crippen LogP contribution in [0.25, 0.3) is 0 Å². The van der Waals surface area contributed by atoms with Crippen molar-refractivity contribution in [3.63, 3.8) is 0 Å². The molecule has 0 aromatic heterocycles. The van der Waals surface area contributed by atoms with Gasteiger partial charge >= 0.3 is 5.97 Å². The lowest BCUT2D eigenvalue weighted by atomic mass is 10.0. The van der Waals surface area contributed by atoms with Gasteiger partial charge in [-0.1, -0.05) is 17.7 Å². The first-order valence-corrected chi connectivity index (χ1v) is 4.14. The highest BCUT2D eigenvalue weighted by atomic mass is 35.5. The summed E-state index contributed by atoms with van der Waals surface area (Å²) >= 11 is 5.73. The molecular formula is C9H7ClN2O2. The van der Waals surface area contributed by atoms with Crippen LogP contribution in [-0.4, -0.2) is 11.1 Å². The predicted octanol–water partition coefficient (Wildman–Crippen LogP) is 1.37. The van der Waals surface area contributed by atoms with Crippen LogP contribution in [0.3, 0.4) is 0 Å². The highest BCUT2D eigenvalue weighted by Gasteiger charge is 2.14. The fourth-order valence-corrected chi connectivity index (χ4v) is 1.38. The van der Waals surface area contributed by atoms with Crippen molar-refractivity contribution < 1.29 is 9.90 Å². The van der Waals surface area contributed by atoms with Crippen molar-refractivity contribution in [3.05, 3.63) is 33.8 Å². The highest BCUT2D eigenvalue weighted by Crippen LogP contribution is 2.23. The SMILES string of the molecule is N#Cc1c(CN)ccc(C(=O)O)c1Cl. The third-order valence-electron chi connectivity index (χ3n) is 1.79. The molecule has 0 heterocycles. The summed E-state index contributed by atoms with van der Waals surface area (Å²) in [6.45, 7) is 0.155. The van der Waals surface area contributed by atoms with Crippen LogP contribution in [0.1, 0.15) is 21.5 Å². The van der Waals surface area contributed by atoms with Gasteiger partial charge in [-0.25, -0.2) is 4.79 Å². The smallest absolute Gasteiger partial charge is 0.337 e. The Morgan fingerprint density at radius 2 is 2.29 bits per heavy atom. The van der Waals surface area contributed by atoms with Gasteiger partial charge in [0.25, 0.3) is 0 Å². The zero-order valence-electron chi connectivity index (χ0n) is 7.12. The fraction of sp³-hybridized carbons (Fsp3) is 0.111. The van der Waals surface area contributed by atoms with E-state index in [-0.39, 0.29) is 22.7 Å². The summed E-state index contributed by atoms with van der Waals surface area (Å²) in [6.07, 6.45) is 0. The van der Waals surface area contributed by atoms with Crippen LogP contribution >= 0.6 is 11.6 Å². The molecule has 5 heteroatoms. The number of nitriles is 1. The molecule has 0 bridgehead atoms. The van der Waals surface area contributed by atoms with Crippen LogP contribution in [0.2, 0.25) is 5.02 Å². The molecule has 0 radical (unpaired) electrons. The largest absolute Gasteiger partial charge is 0.478 e. The number of carboxylic acids is 1. The van der Waals surface area contributed by atoms with Gasteiger partial charge in [-0.2, -0.15) is 5.26 Å². The van der Waals surface area contributed by atoms with Crippen LogP contribution in [0.4, 0.5) is 0 Å². The van der Waals surface area contributed by atoms with Gasteiger partial charge in [0.05, 0.1) is 16.1 Å². The van der Waals surface area contributed by atoms with E-state index in [0.717, 1.165) is 0 Å². The lowest BCUT2D eigenvalue weighted by molar-refractivity contribution is 0.0697. The van der Waals surface area contributed by atoms with Gasteiger partial charge in [0.2, 0.25) is 0 Å². The minimum Gasteiger partial charge on any atom is -0.478 e. The zero-order chi connectivity index (χ0) is 10.7. The van der Waals surface area contributed by atoms with Crippen molar-refractivity contribution in [2.45, 2.75) is 6.54 Å². The Hall–Kier alpha value is -1.57. The van der Waals surface area contributed by atoms with Gasteiger partial charge in [-0.15, -0.1) is 0 Å². The Kier molecular flexibility index (Phi) is 3.07. The maximum absolute atomic E-state index is 10.7. The van der Waals surface area contributed by atoms with Gasteiger partial charge in [0, 0.05) is 6.54 Å². The van der Waals surface area contributed by atoms with Crippen LogP contribution in [-0.2, 0) is 6.54 Å². The van der Waals surface area contributed by atoms with Crippen LogP contribution in [0.15, 0.2) is 12.1 Å². The summed E-state index contributed by atoms with van der Waals surface area (Å²) in [5.41, 5.74) is 5.96. The molecule has 1 aromatic rings. The number of hydrogen-bond donors (Lipinski definition) is 2. The van der Waals surface area contributed by atoms with Gasteiger partial charge in [-0.05, 0) is 11.6 Å². The topological polar surface area (TPSA) is 87.1 Å². The van der Waals surface area contributed by atoms with E-state index in [1.165, 1.54) is 12.1 Å². The molecule has 0 amide bonds. The van der Waals surface area contributed by atoms with Gasteiger partial charge in [0.1, 0.15) is 6.07 Å². The Balaban J connectivity index is 3.44. The second kappa shape index (κ2) is 4.09. The Morgan fingerprint density at radius 3 is 2.71 bits per heavy atom. The number of hydrogen-bond acceptors (Lipinski definition) is 3. The third kappa shape index (κ3) is 1.69. The van der Waals surface area contributed by atoms with Crippen LogP contribution in [0, 0.1) is 11.3 Å². The molecule has 0 saturated heterocycles. The first-order chi connectivity index (χ1) is 6.61. The molecule has 1 rings (SSSR count). The molecule has 0 saturated carbocycles. The van der Waals surface area contributed by atoms with Gasteiger partial charge in [-0.3, -0.25) is 0 Å². The molecule has 0 fully saturated rings. The number of carboxylic acid groups (broad SMARTS) is 1. The minimum atomic E-state index is -1.16. The van der Waals surface area contributed by atoms with E-state index < -0.39 is 5.97 Å². The standard InChI is InChI=1S/C9H7ClN2O2/c10-8-6(9(13)14)2-1-5(3-11)7(8)4-12/h1-2H,3,11H2,(H,13,14). The summed E-state index contributed by atoms with van der Waals surface area (Å²) < 4.78 is 0. The van der Waals surface area contributed by atoms with E-state index >= 15 is 0 Å². The Morgan fingerprint density at radius 1 is 1.64 bits per heavy atom. The van der Waals surface area contributed by atoms with Crippen molar-refractivity contribution in [1.29, 1.82) is 5.26 Å². The van der Waals surface area contributed by atoms with E-state index in [4.69, 9.17) is 27.7 Å². The maximum atomic E-state index is 10.7. The number of nitrogens with zero attached hydrogens (tertiary/aromatic N) is 1. The molecule has 1 aromatic carbocycles. The number of aromatic carboxylic acids is 1.